The van der Waals surface area contributed by atoms with Gasteiger partial charge in [-0.15, -0.1) is 0 Å². The molecule has 2 fully saturated rings. The summed E-state index contributed by atoms with van der Waals surface area (Å²) in [5.74, 6) is -0.146. The Morgan fingerprint density at radius 1 is 1.41 bits per heavy atom. The zero-order valence-electron chi connectivity index (χ0n) is 12.6. The fraction of sp³-hybridized carbons (Fsp3) is 0.533. The number of hydrogen-bond acceptors (Lipinski definition) is 5. The molecule has 2 bridgehead atoms. The van der Waals surface area contributed by atoms with Gasteiger partial charge in [0.25, 0.3) is 0 Å². The summed E-state index contributed by atoms with van der Waals surface area (Å²) in [6, 6.07) is 5.90. The summed E-state index contributed by atoms with van der Waals surface area (Å²) in [7, 11) is 0. The average molecular weight is 528 g/mol. The molecule has 5 nitrogen and oxygen atoms in total. The number of hydrogen-bond donors (Lipinski definition) is 2. The van der Waals surface area contributed by atoms with Crippen molar-refractivity contribution in [3.05, 3.63) is 23.8 Å². The molecule has 2 aromatic rings. The molecular formula is C15H18I2N2O3. The summed E-state index contributed by atoms with van der Waals surface area (Å²) in [5.41, 5.74) is 2.05. The number of esters is 1. The number of ether oxygens (including phenoxy) is 1. The second kappa shape index (κ2) is 4.70. The summed E-state index contributed by atoms with van der Waals surface area (Å²) in [6.07, 6.45) is 1.47. The molecule has 0 spiro atoms. The molecule has 1 atom stereocenters. The van der Waals surface area contributed by atoms with Gasteiger partial charge in [-0.1, -0.05) is 0 Å². The molecule has 1 unspecified atom stereocenters. The predicted molar refractivity (Wildman–Crippen MR) is 101 cm³/mol. The summed E-state index contributed by atoms with van der Waals surface area (Å²) in [6.45, 7) is 6.08. The van der Waals surface area contributed by atoms with Crippen LogP contribution in [0.15, 0.2) is 22.6 Å². The van der Waals surface area contributed by atoms with E-state index in [1.807, 2.05) is 25.1 Å². The summed E-state index contributed by atoms with van der Waals surface area (Å²) >= 11 is 1.04. The molecule has 0 radical (unpaired) electrons. The van der Waals surface area contributed by atoms with Crippen LogP contribution in [0.2, 0.25) is 0 Å². The molecule has 2 aliphatic rings. The number of furan rings is 2. The van der Waals surface area contributed by atoms with Crippen LogP contribution in [0, 0.1) is 0 Å². The second-order valence-electron chi connectivity index (χ2n) is 5.98. The predicted octanol–water partition coefficient (Wildman–Crippen LogP) is 3.82. The Bertz CT molecular complexity index is 732. The molecular weight excluding hydrogens is 510 g/mol. The normalized spacial score (nSPS) is 23.2. The van der Waals surface area contributed by atoms with Crippen LogP contribution in [0.5, 0.6) is 0 Å². The molecule has 120 valence electrons. The monoisotopic (exact) mass is 528 g/mol. The van der Waals surface area contributed by atoms with Crippen LogP contribution in [0.1, 0.15) is 39.2 Å². The van der Waals surface area contributed by atoms with Crippen molar-refractivity contribution in [2.24, 2.45) is 0 Å². The van der Waals surface area contributed by atoms with E-state index in [-0.39, 0.29) is 9.64 Å². The van der Waals surface area contributed by atoms with E-state index in [9.17, 15) is 4.79 Å². The Labute approximate surface area is 150 Å². The summed E-state index contributed by atoms with van der Waals surface area (Å²) < 4.78 is 18.0. The van der Waals surface area contributed by atoms with Crippen molar-refractivity contribution < 1.29 is 13.9 Å². The molecule has 2 aromatic heterocycles. The first-order chi connectivity index (χ1) is 10.4. The van der Waals surface area contributed by atoms with Crippen molar-refractivity contribution in [1.82, 2.24) is 7.06 Å². The van der Waals surface area contributed by atoms with Gasteiger partial charge in [0.15, 0.2) is 0 Å². The fourth-order valence-electron chi connectivity index (χ4n) is 2.97. The molecule has 0 aliphatic carbocycles. The van der Waals surface area contributed by atoms with E-state index in [0.29, 0.717) is 0 Å². The van der Waals surface area contributed by atoms with E-state index in [2.05, 4.69) is 43.5 Å². The van der Waals surface area contributed by atoms with Crippen LogP contribution in [0.3, 0.4) is 0 Å². The minimum atomic E-state index is -1.20. The molecule has 0 saturated carbocycles. The number of nitrogens with one attached hydrogen (secondary N) is 2. The van der Waals surface area contributed by atoms with Gasteiger partial charge in [-0.3, -0.25) is 0 Å². The van der Waals surface area contributed by atoms with E-state index in [4.69, 9.17) is 9.15 Å². The van der Waals surface area contributed by atoms with Gasteiger partial charge in [0, 0.05) is 0 Å². The van der Waals surface area contributed by atoms with Crippen molar-refractivity contribution in [3.63, 3.8) is 0 Å². The van der Waals surface area contributed by atoms with E-state index in [1.54, 1.807) is 0 Å². The van der Waals surface area contributed by atoms with Gasteiger partial charge in [-0.05, 0) is 0 Å². The van der Waals surface area contributed by atoms with E-state index < -0.39 is 29.4 Å². The molecule has 2 N–H and O–H groups in total. The van der Waals surface area contributed by atoms with Gasteiger partial charge < -0.3 is 0 Å². The molecule has 4 heterocycles. The van der Waals surface area contributed by atoms with Crippen molar-refractivity contribution in [1.29, 1.82) is 0 Å². The number of alkyl halides is 2. The third-order valence-electron chi connectivity index (χ3n) is 4.79. The second-order valence-corrected chi connectivity index (χ2v) is 12.5. The maximum absolute atomic E-state index is 12.9. The molecule has 2 aliphatic heterocycles. The summed E-state index contributed by atoms with van der Waals surface area (Å²) in [4.78, 5) is 12.9. The van der Waals surface area contributed by atoms with Gasteiger partial charge in [0.2, 0.25) is 0 Å². The number of carbonyl (C=O) groups is 1. The van der Waals surface area contributed by atoms with Gasteiger partial charge in [-0.25, -0.2) is 0 Å². The number of halogens is 2. The van der Waals surface area contributed by atoms with Crippen LogP contribution >= 0.6 is 43.0 Å². The molecule has 7 heteroatoms. The van der Waals surface area contributed by atoms with Crippen LogP contribution < -0.4 is 7.06 Å². The van der Waals surface area contributed by atoms with Crippen LogP contribution in [0.25, 0.3) is 11.2 Å². The van der Waals surface area contributed by atoms with Crippen LogP contribution in [-0.2, 0) is 15.1 Å². The Morgan fingerprint density at radius 3 is 2.45 bits per heavy atom. The SMILES string of the molecule is CCC(CC)(OC(=O)C(C)(I)C12NI1N2)c1cc2ccc1o2. The molecule has 0 amide bonds. The first kappa shape index (κ1) is 15.4. The van der Waals surface area contributed by atoms with Crippen molar-refractivity contribution >= 4 is 60.1 Å². The van der Waals surface area contributed by atoms with Gasteiger partial charge in [0.1, 0.15) is 0 Å². The van der Waals surface area contributed by atoms with Gasteiger partial charge >= 0.3 is 151 Å². The molecule has 4 rings (SSSR count). The van der Waals surface area contributed by atoms with Gasteiger partial charge in [-0.2, -0.15) is 0 Å². The number of fused-ring (bicyclic) bond motifs is 3. The molecule has 2 saturated heterocycles. The van der Waals surface area contributed by atoms with Crippen molar-refractivity contribution in [3.8, 4) is 0 Å². The van der Waals surface area contributed by atoms with E-state index in [0.717, 1.165) is 29.6 Å². The first-order valence-corrected chi connectivity index (χ1v) is 11.7. The van der Waals surface area contributed by atoms with Crippen LogP contribution in [0.4, 0.5) is 0 Å². The third kappa shape index (κ3) is 1.91. The maximum atomic E-state index is 12.9. The average Bonchev–Trinajstić information content (AvgIpc) is 3.27. The quantitative estimate of drug-likeness (QED) is 0.149. The zero-order valence-corrected chi connectivity index (χ0v) is 16.9. The van der Waals surface area contributed by atoms with E-state index >= 15 is 0 Å². The topological polar surface area (TPSA) is 83.3 Å². The Balaban J connectivity index is 1.65. The first-order valence-electron chi connectivity index (χ1n) is 7.39. The standard InChI is InChI=1S/C15H18I2N2O3/c1-4-14(5-2,10-8-9-6-7-11(10)21-9)22-12(20)13(3,16)15-17(18-15)19-15/h6-8,18-19H,4-5H2,1-3H3. The third-order valence-corrected chi connectivity index (χ3v) is 11.9. The fourth-order valence-corrected chi connectivity index (χ4v) is 10.7. The summed E-state index contributed by atoms with van der Waals surface area (Å²) in [5, 5.41) is 0. The molecule has 22 heavy (non-hydrogen) atoms. The number of benzene rings is 1. The van der Waals surface area contributed by atoms with Crippen molar-refractivity contribution in [2.75, 3.05) is 0 Å². The van der Waals surface area contributed by atoms with Crippen molar-refractivity contribution in [2.45, 2.75) is 46.3 Å². The Kier molecular flexibility index (Phi) is 3.29. The van der Waals surface area contributed by atoms with Crippen LogP contribution in [-0.4, -0.2) is 13.1 Å². The van der Waals surface area contributed by atoms with Gasteiger partial charge in [0.05, 0.1) is 0 Å². The Hall–Kier alpha value is -0.130. The minimum absolute atomic E-state index is 0.108. The Morgan fingerprint density at radius 2 is 2.05 bits per heavy atom. The zero-order chi connectivity index (χ0) is 15.8. The van der Waals surface area contributed by atoms with E-state index in [1.165, 1.54) is 0 Å². The molecule has 0 aromatic carbocycles. The number of carbonyl (C=O) groups excluding carboxylic acids is 1. The number of rotatable bonds is 6.